The molecule has 2 aliphatic rings. The molecular weight excluding hydrogens is 388 g/mol. The van der Waals surface area contributed by atoms with Gasteiger partial charge in [-0.15, -0.1) is 12.4 Å². The lowest BCUT2D eigenvalue weighted by Gasteiger charge is -2.36. The molecule has 0 atom stereocenters. The molecule has 1 aliphatic carbocycles. The number of pyridine rings is 1. The van der Waals surface area contributed by atoms with Crippen molar-refractivity contribution < 1.29 is 9.53 Å². The van der Waals surface area contributed by atoms with Gasteiger partial charge in [-0.25, -0.2) is 4.98 Å². The number of benzene rings is 1. The lowest BCUT2D eigenvalue weighted by atomic mass is 9.91. The van der Waals surface area contributed by atoms with Crippen LogP contribution in [0.2, 0.25) is 0 Å². The molecule has 2 aromatic rings. The van der Waals surface area contributed by atoms with E-state index in [1.807, 2.05) is 4.90 Å². The average molecular weight is 413 g/mol. The van der Waals surface area contributed by atoms with E-state index in [2.05, 4.69) is 16.0 Å². The lowest BCUT2D eigenvalue weighted by molar-refractivity contribution is 0.0749. The van der Waals surface area contributed by atoms with Gasteiger partial charge in [-0.1, -0.05) is 12.5 Å². The first kappa shape index (κ1) is 21.1. The minimum Gasteiger partial charge on any atom is -0.439 e. The standard InChI is InChI=1S/C22H24N4O2.ClH/c23-15-17-4-1-7-20(14-17)28-21-9-8-18(16-24-21)22(27)26-11-3-10-25(12-13-26)19-5-2-6-19;/h1,4,7-9,14,16,19H,2-3,5-6,10-13H2;1H. The number of ether oxygens (including phenoxy) is 1. The zero-order valence-electron chi connectivity index (χ0n) is 16.3. The third-order valence-electron chi connectivity index (χ3n) is 5.58. The quantitative estimate of drug-likeness (QED) is 0.762. The van der Waals surface area contributed by atoms with Crippen molar-refractivity contribution in [2.24, 2.45) is 0 Å². The second-order valence-corrected chi connectivity index (χ2v) is 7.39. The van der Waals surface area contributed by atoms with E-state index < -0.39 is 0 Å². The van der Waals surface area contributed by atoms with Crippen LogP contribution in [0.4, 0.5) is 0 Å². The fourth-order valence-electron chi connectivity index (χ4n) is 3.76. The molecule has 1 aromatic heterocycles. The van der Waals surface area contributed by atoms with Crippen molar-refractivity contribution in [2.45, 2.75) is 31.7 Å². The van der Waals surface area contributed by atoms with E-state index in [1.54, 1.807) is 42.6 Å². The first-order valence-corrected chi connectivity index (χ1v) is 9.90. The van der Waals surface area contributed by atoms with Crippen molar-refractivity contribution in [3.05, 3.63) is 53.7 Å². The van der Waals surface area contributed by atoms with Gasteiger partial charge in [0.15, 0.2) is 0 Å². The number of carbonyl (C=O) groups excluding carboxylic acids is 1. The summed E-state index contributed by atoms with van der Waals surface area (Å²) >= 11 is 0. The highest BCUT2D eigenvalue weighted by atomic mass is 35.5. The number of carbonyl (C=O) groups is 1. The zero-order valence-corrected chi connectivity index (χ0v) is 17.1. The highest BCUT2D eigenvalue weighted by molar-refractivity contribution is 5.94. The van der Waals surface area contributed by atoms with Gasteiger partial charge < -0.3 is 9.64 Å². The van der Waals surface area contributed by atoms with Crippen molar-refractivity contribution in [1.82, 2.24) is 14.8 Å². The largest absolute Gasteiger partial charge is 0.439 e. The van der Waals surface area contributed by atoms with Gasteiger partial charge in [0.1, 0.15) is 5.75 Å². The van der Waals surface area contributed by atoms with Crippen molar-refractivity contribution in [1.29, 1.82) is 5.26 Å². The molecule has 0 bridgehead atoms. The van der Waals surface area contributed by atoms with Gasteiger partial charge in [0.05, 0.1) is 17.2 Å². The van der Waals surface area contributed by atoms with Crippen LogP contribution in [0.15, 0.2) is 42.6 Å². The summed E-state index contributed by atoms with van der Waals surface area (Å²) in [6.07, 6.45) is 6.53. The van der Waals surface area contributed by atoms with E-state index in [0.717, 1.165) is 38.6 Å². The number of hydrogen-bond donors (Lipinski definition) is 0. The molecule has 1 aromatic carbocycles. The summed E-state index contributed by atoms with van der Waals surface area (Å²) in [5, 5.41) is 8.97. The summed E-state index contributed by atoms with van der Waals surface area (Å²) in [6, 6.07) is 13.2. The maximum atomic E-state index is 12.9. The molecule has 6 nitrogen and oxygen atoms in total. The summed E-state index contributed by atoms with van der Waals surface area (Å²) in [4.78, 5) is 21.6. The molecule has 4 rings (SSSR count). The monoisotopic (exact) mass is 412 g/mol. The smallest absolute Gasteiger partial charge is 0.255 e. The summed E-state index contributed by atoms with van der Waals surface area (Å²) in [6.45, 7) is 3.61. The Balaban J connectivity index is 0.00000240. The van der Waals surface area contributed by atoms with Crippen LogP contribution in [0.3, 0.4) is 0 Å². The molecule has 0 radical (unpaired) electrons. The zero-order chi connectivity index (χ0) is 19.3. The second kappa shape index (κ2) is 9.73. The van der Waals surface area contributed by atoms with Crippen LogP contribution in [-0.4, -0.2) is 52.9 Å². The molecule has 29 heavy (non-hydrogen) atoms. The Labute approximate surface area is 177 Å². The highest BCUT2D eigenvalue weighted by Gasteiger charge is 2.28. The Morgan fingerprint density at radius 1 is 1.10 bits per heavy atom. The van der Waals surface area contributed by atoms with Gasteiger partial charge in [-0.05, 0) is 43.5 Å². The first-order chi connectivity index (χ1) is 13.7. The van der Waals surface area contributed by atoms with Crippen molar-refractivity contribution in [2.75, 3.05) is 26.2 Å². The van der Waals surface area contributed by atoms with Crippen molar-refractivity contribution >= 4 is 18.3 Å². The predicted molar refractivity (Wildman–Crippen MR) is 112 cm³/mol. The average Bonchev–Trinajstić information content (AvgIpc) is 2.93. The third-order valence-corrected chi connectivity index (χ3v) is 5.58. The molecule has 152 valence electrons. The number of nitriles is 1. The van der Waals surface area contributed by atoms with Crippen molar-refractivity contribution in [3.8, 4) is 17.7 Å². The molecule has 7 heteroatoms. The van der Waals surface area contributed by atoms with Crippen molar-refractivity contribution in [3.63, 3.8) is 0 Å². The van der Waals surface area contributed by atoms with Crippen LogP contribution in [-0.2, 0) is 0 Å². The molecule has 1 aliphatic heterocycles. The summed E-state index contributed by atoms with van der Waals surface area (Å²) in [5.74, 6) is 0.980. The Bertz CT molecular complexity index is 877. The summed E-state index contributed by atoms with van der Waals surface area (Å²) in [7, 11) is 0. The number of rotatable bonds is 4. The van der Waals surface area contributed by atoms with E-state index in [9.17, 15) is 4.79 Å². The van der Waals surface area contributed by atoms with E-state index >= 15 is 0 Å². The third kappa shape index (κ3) is 5.06. The molecule has 0 spiro atoms. The molecule has 0 unspecified atom stereocenters. The molecule has 1 saturated heterocycles. The number of nitrogens with zero attached hydrogens (tertiary/aromatic N) is 4. The fraction of sp³-hybridized carbons (Fsp3) is 0.409. The molecule has 1 saturated carbocycles. The predicted octanol–water partition coefficient (Wildman–Crippen LogP) is 3.87. The van der Waals surface area contributed by atoms with Crippen LogP contribution in [0.5, 0.6) is 11.6 Å². The Morgan fingerprint density at radius 3 is 2.66 bits per heavy atom. The van der Waals surface area contributed by atoms with E-state index in [4.69, 9.17) is 10.00 Å². The van der Waals surface area contributed by atoms with Gasteiger partial charge in [0.25, 0.3) is 5.91 Å². The SMILES string of the molecule is Cl.N#Cc1cccc(Oc2ccc(C(=O)N3CCCN(C4CCC4)CC3)cn2)c1. The van der Waals surface area contributed by atoms with E-state index in [1.165, 1.54) is 19.3 Å². The number of halogens is 1. The summed E-state index contributed by atoms with van der Waals surface area (Å²) in [5.41, 5.74) is 1.11. The molecule has 1 amide bonds. The Hall–Kier alpha value is -2.62. The normalized spacial score (nSPS) is 17.4. The molecule has 0 N–H and O–H groups in total. The number of aromatic nitrogens is 1. The van der Waals surface area contributed by atoms with Crippen LogP contribution in [0, 0.1) is 11.3 Å². The molecule has 2 fully saturated rings. The van der Waals surface area contributed by atoms with Crippen LogP contribution in [0.25, 0.3) is 0 Å². The minimum atomic E-state index is 0. The van der Waals surface area contributed by atoms with Gasteiger partial charge in [-0.3, -0.25) is 9.69 Å². The highest BCUT2D eigenvalue weighted by Crippen LogP contribution is 2.26. The first-order valence-electron chi connectivity index (χ1n) is 9.90. The van der Waals surface area contributed by atoms with Gasteiger partial charge in [0.2, 0.25) is 5.88 Å². The summed E-state index contributed by atoms with van der Waals surface area (Å²) < 4.78 is 5.69. The molecule has 2 heterocycles. The Morgan fingerprint density at radius 2 is 1.97 bits per heavy atom. The molecular formula is C22H25ClN4O2. The number of amides is 1. The minimum absolute atomic E-state index is 0. The van der Waals surface area contributed by atoms with Crippen LogP contribution in [0.1, 0.15) is 41.6 Å². The second-order valence-electron chi connectivity index (χ2n) is 7.39. The maximum absolute atomic E-state index is 12.9. The Kier molecular flexibility index (Phi) is 7.08. The van der Waals surface area contributed by atoms with E-state index in [0.29, 0.717) is 22.8 Å². The number of hydrogen-bond acceptors (Lipinski definition) is 5. The lowest BCUT2D eigenvalue weighted by Crippen LogP contribution is -2.42. The van der Waals surface area contributed by atoms with Gasteiger partial charge in [-0.2, -0.15) is 5.26 Å². The maximum Gasteiger partial charge on any atom is 0.255 e. The van der Waals surface area contributed by atoms with Crippen LogP contribution >= 0.6 is 12.4 Å². The van der Waals surface area contributed by atoms with Gasteiger partial charge in [0, 0.05) is 44.5 Å². The van der Waals surface area contributed by atoms with Crippen LogP contribution < -0.4 is 4.74 Å². The van der Waals surface area contributed by atoms with Gasteiger partial charge >= 0.3 is 0 Å². The van der Waals surface area contributed by atoms with E-state index in [-0.39, 0.29) is 18.3 Å². The fourth-order valence-corrected chi connectivity index (χ4v) is 3.76. The topological polar surface area (TPSA) is 69.5 Å².